The third-order valence-electron chi connectivity index (χ3n) is 1.73. The molecule has 0 radical (unpaired) electrons. The lowest BCUT2D eigenvalue weighted by atomic mass is 10.3. The molecule has 0 saturated carbocycles. The van der Waals surface area contributed by atoms with Crippen LogP contribution in [0.25, 0.3) is 0 Å². The largest absolute Gasteiger partial charge is 0.493 e. The molecule has 16 heavy (non-hydrogen) atoms. The number of pyridine rings is 1. The lowest BCUT2D eigenvalue weighted by Crippen LogP contribution is -2.30. The second kappa shape index (κ2) is 4.38. The van der Waals surface area contributed by atoms with E-state index in [4.69, 9.17) is 4.74 Å². The van der Waals surface area contributed by atoms with E-state index in [0.717, 1.165) is 0 Å². The van der Waals surface area contributed by atoms with Gasteiger partial charge in [-0.25, -0.2) is 0 Å². The van der Waals surface area contributed by atoms with E-state index < -0.39 is 12.1 Å². The molecule has 1 rings (SSSR count). The van der Waals surface area contributed by atoms with Gasteiger partial charge in [0, 0.05) is 5.69 Å². The number of methoxy groups -OCH3 is 1. The fourth-order valence-corrected chi connectivity index (χ4v) is 1.00. The van der Waals surface area contributed by atoms with Crippen LogP contribution in [0.4, 0.5) is 18.9 Å². The molecule has 1 N–H and O–H groups in total. The fraction of sp³-hybridized carbons (Fsp3) is 0.333. The number of nitrogens with one attached hydrogen (secondary N) is 1. The number of halogens is 3. The van der Waals surface area contributed by atoms with Crippen LogP contribution in [0, 0.1) is 6.92 Å². The minimum absolute atomic E-state index is 0.0580. The van der Waals surface area contributed by atoms with Crippen LogP contribution in [0.5, 0.6) is 5.75 Å². The molecular formula is C9H9F3N2O2. The van der Waals surface area contributed by atoms with Gasteiger partial charge >= 0.3 is 12.1 Å². The molecule has 0 spiro atoms. The highest BCUT2D eigenvalue weighted by atomic mass is 19.4. The number of amides is 1. The number of alkyl halides is 3. The SMILES string of the molecule is COc1cnc(C)cc1NC(=O)C(F)(F)F. The van der Waals surface area contributed by atoms with Gasteiger partial charge in [-0.3, -0.25) is 9.78 Å². The van der Waals surface area contributed by atoms with Crippen molar-refractivity contribution in [3.63, 3.8) is 0 Å². The van der Waals surface area contributed by atoms with Crippen LogP contribution >= 0.6 is 0 Å². The van der Waals surface area contributed by atoms with Crippen molar-refractivity contribution in [3.8, 4) is 5.75 Å². The Labute approximate surface area is 89.4 Å². The van der Waals surface area contributed by atoms with Crippen molar-refractivity contribution in [2.75, 3.05) is 12.4 Å². The summed E-state index contributed by atoms with van der Waals surface area (Å²) in [4.78, 5) is 14.5. The summed E-state index contributed by atoms with van der Waals surface area (Å²) in [5.74, 6) is -1.97. The Kier molecular flexibility index (Phi) is 3.36. The summed E-state index contributed by atoms with van der Waals surface area (Å²) in [6.45, 7) is 1.59. The molecule has 0 aliphatic carbocycles. The van der Waals surface area contributed by atoms with Gasteiger partial charge in [0.1, 0.15) is 0 Å². The van der Waals surface area contributed by atoms with Gasteiger partial charge in [-0.2, -0.15) is 13.2 Å². The number of ether oxygens (including phenoxy) is 1. The minimum Gasteiger partial charge on any atom is -0.493 e. The molecule has 1 aromatic heterocycles. The number of aryl methyl sites for hydroxylation is 1. The average molecular weight is 234 g/mol. The molecule has 7 heteroatoms. The molecule has 0 atom stereocenters. The molecule has 0 aliphatic rings. The second-order valence-electron chi connectivity index (χ2n) is 2.98. The molecule has 0 saturated heterocycles. The molecule has 0 unspecified atom stereocenters. The van der Waals surface area contributed by atoms with E-state index in [1.54, 1.807) is 12.2 Å². The van der Waals surface area contributed by atoms with Crippen LogP contribution < -0.4 is 10.1 Å². The Balaban J connectivity index is 2.96. The Morgan fingerprint density at radius 1 is 1.50 bits per heavy atom. The third kappa shape index (κ3) is 2.85. The number of nitrogens with zero attached hydrogens (tertiary/aromatic N) is 1. The molecule has 1 amide bonds. The zero-order valence-electron chi connectivity index (χ0n) is 8.55. The highest BCUT2D eigenvalue weighted by Gasteiger charge is 2.39. The predicted octanol–water partition coefficient (Wildman–Crippen LogP) is 1.90. The van der Waals surface area contributed by atoms with Crippen LogP contribution in [0.2, 0.25) is 0 Å². The molecule has 0 bridgehead atoms. The summed E-state index contributed by atoms with van der Waals surface area (Å²) in [5, 5.41) is 1.71. The highest BCUT2D eigenvalue weighted by Crippen LogP contribution is 2.26. The number of carbonyl (C=O) groups is 1. The summed E-state index contributed by atoms with van der Waals surface area (Å²) >= 11 is 0. The number of carbonyl (C=O) groups excluding carboxylic acids is 1. The maximum absolute atomic E-state index is 12.0. The zero-order chi connectivity index (χ0) is 12.3. The first-order valence-corrected chi connectivity index (χ1v) is 4.23. The predicted molar refractivity (Wildman–Crippen MR) is 50.2 cm³/mol. The molecule has 1 heterocycles. The fourth-order valence-electron chi connectivity index (χ4n) is 1.00. The first kappa shape index (κ1) is 12.3. The van der Waals surface area contributed by atoms with Crippen molar-refractivity contribution in [2.45, 2.75) is 13.1 Å². The van der Waals surface area contributed by atoms with Crippen LogP contribution in [0.15, 0.2) is 12.3 Å². The van der Waals surface area contributed by atoms with E-state index in [0.29, 0.717) is 5.69 Å². The highest BCUT2D eigenvalue weighted by molar-refractivity contribution is 5.96. The first-order valence-electron chi connectivity index (χ1n) is 4.23. The Hall–Kier alpha value is -1.79. The van der Waals surface area contributed by atoms with Crippen LogP contribution in [-0.4, -0.2) is 24.2 Å². The Bertz CT molecular complexity index is 404. The van der Waals surface area contributed by atoms with Crippen molar-refractivity contribution >= 4 is 11.6 Å². The van der Waals surface area contributed by atoms with Gasteiger partial charge in [-0.1, -0.05) is 0 Å². The molecule has 0 aromatic carbocycles. The maximum atomic E-state index is 12.0. The lowest BCUT2D eigenvalue weighted by molar-refractivity contribution is -0.167. The van der Waals surface area contributed by atoms with Crippen LogP contribution in [-0.2, 0) is 4.79 Å². The summed E-state index contributed by atoms with van der Waals surface area (Å²) in [5.41, 5.74) is 0.413. The summed E-state index contributed by atoms with van der Waals surface area (Å²) < 4.78 is 40.8. The van der Waals surface area contributed by atoms with Gasteiger partial charge < -0.3 is 10.1 Å². The average Bonchev–Trinajstić information content (AvgIpc) is 2.16. The van der Waals surface area contributed by atoms with E-state index in [1.807, 2.05) is 0 Å². The van der Waals surface area contributed by atoms with Crippen molar-refractivity contribution < 1.29 is 22.7 Å². The molecule has 88 valence electrons. The van der Waals surface area contributed by atoms with Crippen molar-refractivity contribution in [1.82, 2.24) is 4.98 Å². The third-order valence-corrected chi connectivity index (χ3v) is 1.73. The number of hydrogen-bond donors (Lipinski definition) is 1. The maximum Gasteiger partial charge on any atom is 0.471 e. The number of hydrogen-bond acceptors (Lipinski definition) is 3. The molecule has 0 fully saturated rings. The standard InChI is InChI=1S/C9H9F3N2O2/c1-5-3-6(7(16-2)4-13-5)14-8(15)9(10,11)12/h3-4H,1-2H3,(H,13,14,15). The zero-order valence-corrected chi connectivity index (χ0v) is 8.55. The van der Waals surface area contributed by atoms with Crippen LogP contribution in [0.1, 0.15) is 5.69 Å². The molecule has 4 nitrogen and oxygen atoms in total. The minimum atomic E-state index is -4.93. The molecular weight excluding hydrogens is 225 g/mol. The van der Waals surface area contributed by atoms with Crippen molar-refractivity contribution in [1.29, 1.82) is 0 Å². The van der Waals surface area contributed by atoms with E-state index >= 15 is 0 Å². The normalized spacial score (nSPS) is 11.1. The summed E-state index contributed by atoms with van der Waals surface area (Å²) in [6, 6.07) is 1.29. The monoisotopic (exact) mass is 234 g/mol. The van der Waals surface area contributed by atoms with Gasteiger partial charge in [-0.15, -0.1) is 0 Å². The van der Waals surface area contributed by atoms with E-state index in [9.17, 15) is 18.0 Å². The summed E-state index contributed by atoms with van der Waals surface area (Å²) in [6.07, 6.45) is -3.69. The van der Waals surface area contributed by atoms with E-state index in [2.05, 4.69) is 4.98 Å². The second-order valence-corrected chi connectivity index (χ2v) is 2.98. The van der Waals surface area contributed by atoms with Crippen molar-refractivity contribution in [2.24, 2.45) is 0 Å². The van der Waals surface area contributed by atoms with Crippen molar-refractivity contribution in [3.05, 3.63) is 18.0 Å². The van der Waals surface area contributed by atoms with Gasteiger partial charge in [0.2, 0.25) is 0 Å². The molecule has 1 aromatic rings. The van der Waals surface area contributed by atoms with Gasteiger partial charge in [0.25, 0.3) is 0 Å². The van der Waals surface area contributed by atoms with Crippen LogP contribution in [0.3, 0.4) is 0 Å². The molecule has 0 aliphatic heterocycles. The quantitative estimate of drug-likeness (QED) is 0.850. The summed E-state index contributed by atoms with van der Waals surface area (Å²) in [7, 11) is 1.27. The Morgan fingerprint density at radius 2 is 2.12 bits per heavy atom. The smallest absolute Gasteiger partial charge is 0.471 e. The van der Waals surface area contributed by atoms with Gasteiger partial charge in [0.05, 0.1) is 19.0 Å². The first-order chi connectivity index (χ1) is 7.34. The Morgan fingerprint density at radius 3 is 2.62 bits per heavy atom. The number of rotatable bonds is 2. The van der Waals surface area contributed by atoms with E-state index in [1.165, 1.54) is 19.4 Å². The number of anilines is 1. The lowest BCUT2D eigenvalue weighted by Gasteiger charge is -2.11. The van der Waals surface area contributed by atoms with E-state index in [-0.39, 0.29) is 11.4 Å². The topological polar surface area (TPSA) is 51.2 Å². The van der Waals surface area contributed by atoms with Gasteiger partial charge in [-0.05, 0) is 13.0 Å². The number of aromatic nitrogens is 1. The van der Waals surface area contributed by atoms with Gasteiger partial charge in [0.15, 0.2) is 5.75 Å².